The summed E-state index contributed by atoms with van der Waals surface area (Å²) in [4.78, 5) is 11.5. The number of piperidine rings is 1. The van der Waals surface area contributed by atoms with Crippen molar-refractivity contribution in [1.82, 2.24) is 10.6 Å². The third-order valence-corrected chi connectivity index (χ3v) is 3.08. The third kappa shape index (κ3) is 6.93. The van der Waals surface area contributed by atoms with E-state index < -0.39 is 0 Å². The molecule has 1 aliphatic heterocycles. The Balaban J connectivity index is 1.97. The molecule has 5 nitrogen and oxygen atoms in total. The molecule has 1 amide bonds. The number of hydrogen-bond donors (Lipinski definition) is 2. The summed E-state index contributed by atoms with van der Waals surface area (Å²) in [5, 5.41) is 6.27. The van der Waals surface area contributed by atoms with Gasteiger partial charge in [0.15, 0.2) is 0 Å². The molecule has 1 saturated heterocycles. The second kappa shape index (κ2) is 9.30. The van der Waals surface area contributed by atoms with Gasteiger partial charge in [0.2, 0.25) is 5.91 Å². The van der Waals surface area contributed by atoms with Crippen LogP contribution in [-0.4, -0.2) is 51.5 Å². The molecule has 0 saturated carbocycles. The second-order valence-electron chi connectivity index (χ2n) is 4.91. The quantitative estimate of drug-likeness (QED) is 0.629. The van der Waals surface area contributed by atoms with Crippen LogP contribution >= 0.6 is 0 Å². The molecule has 0 aliphatic carbocycles. The Bertz CT molecular complexity index is 230. The zero-order chi connectivity index (χ0) is 13.2. The van der Waals surface area contributed by atoms with Gasteiger partial charge < -0.3 is 20.1 Å². The van der Waals surface area contributed by atoms with Gasteiger partial charge in [-0.1, -0.05) is 6.42 Å². The molecule has 0 spiro atoms. The zero-order valence-corrected chi connectivity index (χ0v) is 11.5. The van der Waals surface area contributed by atoms with Gasteiger partial charge >= 0.3 is 0 Å². The SMILES string of the molecule is COCC(C)NC(=O)COCCC1CCCCN1. The maximum absolute atomic E-state index is 11.5. The molecule has 1 fully saturated rings. The van der Waals surface area contributed by atoms with Gasteiger partial charge in [-0.15, -0.1) is 0 Å². The van der Waals surface area contributed by atoms with Crippen molar-refractivity contribution < 1.29 is 14.3 Å². The Morgan fingerprint density at radius 3 is 3.00 bits per heavy atom. The summed E-state index contributed by atoms with van der Waals surface area (Å²) in [6.45, 7) is 4.33. The van der Waals surface area contributed by atoms with Crippen LogP contribution in [0.4, 0.5) is 0 Å². The lowest BCUT2D eigenvalue weighted by atomic mass is 10.0. The molecule has 5 heteroatoms. The fraction of sp³-hybridized carbons (Fsp3) is 0.923. The van der Waals surface area contributed by atoms with Crippen LogP contribution in [-0.2, 0) is 14.3 Å². The van der Waals surface area contributed by atoms with E-state index in [-0.39, 0.29) is 18.6 Å². The van der Waals surface area contributed by atoms with E-state index in [4.69, 9.17) is 9.47 Å². The summed E-state index contributed by atoms with van der Waals surface area (Å²) >= 11 is 0. The molecule has 1 heterocycles. The number of nitrogens with one attached hydrogen (secondary N) is 2. The molecule has 0 radical (unpaired) electrons. The van der Waals surface area contributed by atoms with Crippen LogP contribution < -0.4 is 10.6 Å². The monoisotopic (exact) mass is 258 g/mol. The van der Waals surface area contributed by atoms with Gasteiger partial charge in [-0.2, -0.15) is 0 Å². The molecule has 0 aromatic carbocycles. The zero-order valence-electron chi connectivity index (χ0n) is 11.5. The van der Waals surface area contributed by atoms with Gasteiger partial charge in [0.25, 0.3) is 0 Å². The number of hydrogen-bond acceptors (Lipinski definition) is 4. The number of carbonyl (C=O) groups is 1. The van der Waals surface area contributed by atoms with E-state index in [2.05, 4.69) is 10.6 Å². The average Bonchev–Trinajstić information content (AvgIpc) is 2.36. The summed E-state index contributed by atoms with van der Waals surface area (Å²) < 4.78 is 10.3. The summed E-state index contributed by atoms with van der Waals surface area (Å²) in [6, 6.07) is 0.598. The molecule has 0 aromatic rings. The highest BCUT2D eigenvalue weighted by atomic mass is 16.5. The Labute approximate surface area is 110 Å². The lowest BCUT2D eigenvalue weighted by Crippen LogP contribution is -2.38. The van der Waals surface area contributed by atoms with Crippen molar-refractivity contribution in [2.24, 2.45) is 0 Å². The molecule has 106 valence electrons. The van der Waals surface area contributed by atoms with Crippen LogP contribution in [0, 0.1) is 0 Å². The van der Waals surface area contributed by atoms with E-state index in [1.807, 2.05) is 6.92 Å². The number of methoxy groups -OCH3 is 1. The fourth-order valence-electron chi connectivity index (χ4n) is 2.17. The van der Waals surface area contributed by atoms with Gasteiger partial charge in [-0.3, -0.25) is 4.79 Å². The van der Waals surface area contributed by atoms with Gasteiger partial charge in [0.05, 0.1) is 6.61 Å². The molecule has 1 rings (SSSR count). The predicted molar refractivity (Wildman–Crippen MR) is 70.6 cm³/mol. The van der Waals surface area contributed by atoms with Crippen LogP contribution in [0.2, 0.25) is 0 Å². The smallest absolute Gasteiger partial charge is 0.246 e. The Morgan fingerprint density at radius 2 is 2.33 bits per heavy atom. The number of carbonyl (C=O) groups excluding carboxylic acids is 1. The maximum Gasteiger partial charge on any atom is 0.246 e. The fourth-order valence-corrected chi connectivity index (χ4v) is 2.17. The highest BCUT2D eigenvalue weighted by Crippen LogP contribution is 2.09. The van der Waals surface area contributed by atoms with E-state index >= 15 is 0 Å². The minimum Gasteiger partial charge on any atom is -0.383 e. The van der Waals surface area contributed by atoms with E-state index in [0.29, 0.717) is 19.3 Å². The Morgan fingerprint density at radius 1 is 1.50 bits per heavy atom. The van der Waals surface area contributed by atoms with Gasteiger partial charge in [-0.05, 0) is 32.7 Å². The molecule has 2 N–H and O–H groups in total. The van der Waals surface area contributed by atoms with Crippen LogP contribution in [0.3, 0.4) is 0 Å². The largest absolute Gasteiger partial charge is 0.383 e. The Kier molecular flexibility index (Phi) is 7.96. The topological polar surface area (TPSA) is 59.6 Å². The maximum atomic E-state index is 11.5. The standard InChI is InChI=1S/C13H26N2O3/c1-11(9-17-2)15-13(16)10-18-8-6-12-5-3-4-7-14-12/h11-12,14H,3-10H2,1-2H3,(H,15,16). The Hall–Kier alpha value is -0.650. The van der Waals surface area contributed by atoms with Gasteiger partial charge in [-0.25, -0.2) is 0 Å². The average molecular weight is 258 g/mol. The second-order valence-corrected chi connectivity index (χ2v) is 4.91. The first-order valence-electron chi connectivity index (χ1n) is 6.81. The summed E-state index contributed by atoms with van der Waals surface area (Å²) in [5.41, 5.74) is 0. The van der Waals surface area contributed by atoms with Crippen molar-refractivity contribution >= 4 is 5.91 Å². The number of ether oxygens (including phenoxy) is 2. The van der Waals surface area contributed by atoms with Crippen molar-refractivity contribution in [3.8, 4) is 0 Å². The third-order valence-electron chi connectivity index (χ3n) is 3.08. The van der Waals surface area contributed by atoms with Crippen molar-refractivity contribution in [2.75, 3.05) is 33.5 Å². The minimum atomic E-state index is -0.0730. The van der Waals surface area contributed by atoms with Crippen molar-refractivity contribution in [3.05, 3.63) is 0 Å². The lowest BCUT2D eigenvalue weighted by molar-refractivity contribution is -0.126. The van der Waals surface area contributed by atoms with Crippen LogP contribution in [0.1, 0.15) is 32.6 Å². The molecule has 18 heavy (non-hydrogen) atoms. The highest BCUT2D eigenvalue weighted by Gasteiger charge is 2.12. The molecule has 2 atom stereocenters. The normalized spacial score (nSPS) is 21.6. The summed E-state index contributed by atoms with van der Waals surface area (Å²) in [5.74, 6) is -0.0730. The minimum absolute atomic E-state index is 0.0334. The molecule has 0 bridgehead atoms. The van der Waals surface area contributed by atoms with E-state index in [1.165, 1.54) is 19.3 Å². The lowest BCUT2D eigenvalue weighted by Gasteiger charge is -2.23. The summed E-state index contributed by atoms with van der Waals surface area (Å²) in [6.07, 6.45) is 4.78. The van der Waals surface area contributed by atoms with Crippen molar-refractivity contribution in [3.63, 3.8) is 0 Å². The molecule has 1 aliphatic rings. The molecular weight excluding hydrogens is 232 g/mol. The van der Waals surface area contributed by atoms with E-state index in [0.717, 1.165) is 13.0 Å². The van der Waals surface area contributed by atoms with Crippen molar-refractivity contribution in [1.29, 1.82) is 0 Å². The van der Waals surface area contributed by atoms with Crippen LogP contribution in [0.25, 0.3) is 0 Å². The van der Waals surface area contributed by atoms with Gasteiger partial charge in [0, 0.05) is 25.8 Å². The van der Waals surface area contributed by atoms with Crippen LogP contribution in [0.15, 0.2) is 0 Å². The summed E-state index contributed by atoms with van der Waals surface area (Å²) in [7, 11) is 1.62. The molecule has 2 unspecified atom stereocenters. The first kappa shape index (κ1) is 15.4. The molecular formula is C13H26N2O3. The first-order chi connectivity index (χ1) is 8.72. The number of rotatable bonds is 8. The highest BCUT2D eigenvalue weighted by molar-refractivity contribution is 5.77. The van der Waals surface area contributed by atoms with Crippen LogP contribution in [0.5, 0.6) is 0 Å². The molecule has 0 aromatic heterocycles. The van der Waals surface area contributed by atoms with Gasteiger partial charge in [0.1, 0.15) is 6.61 Å². The predicted octanol–water partition coefficient (Wildman–Crippen LogP) is 0.686. The first-order valence-corrected chi connectivity index (χ1v) is 6.81. The van der Waals surface area contributed by atoms with E-state index in [9.17, 15) is 4.79 Å². The van der Waals surface area contributed by atoms with E-state index in [1.54, 1.807) is 7.11 Å². The number of amides is 1. The van der Waals surface area contributed by atoms with Crippen molar-refractivity contribution in [2.45, 2.75) is 44.7 Å².